The number of aryl methyl sites for hydroxylation is 1. The Kier molecular flexibility index (Phi) is 9.92. The van der Waals surface area contributed by atoms with Crippen LogP contribution in [0.2, 0.25) is 0 Å². The quantitative estimate of drug-likeness (QED) is 0.273. The molecule has 1 saturated carbocycles. The number of esters is 1. The Hall–Kier alpha value is -1.49. The average molecular weight is 488 g/mol. The minimum Gasteiger partial charge on any atom is -0.479 e. The highest BCUT2D eigenvalue weighted by molar-refractivity contribution is 8.23. The van der Waals surface area contributed by atoms with Crippen molar-refractivity contribution in [3.63, 3.8) is 0 Å². The number of hydrogen-bond donors (Lipinski definition) is 1. The first-order chi connectivity index (χ1) is 14.7. The van der Waals surface area contributed by atoms with Crippen molar-refractivity contribution in [1.29, 1.82) is 0 Å². The van der Waals surface area contributed by atoms with Crippen LogP contribution in [0.4, 0.5) is 0 Å². The Morgan fingerprint density at radius 1 is 1.16 bits per heavy atom. The first-order valence-electron chi connectivity index (χ1n) is 10.3. The highest BCUT2D eigenvalue weighted by Crippen LogP contribution is 2.35. The highest BCUT2D eigenvalue weighted by atomic mass is 32.2. The molecule has 10 heteroatoms. The lowest BCUT2D eigenvalue weighted by atomic mass is 9.95. The van der Waals surface area contributed by atoms with Gasteiger partial charge in [0.2, 0.25) is 14.4 Å². The normalized spacial score (nSPS) is 15.7. The standard InChI is InChI=1S/C21H29NO6S3/c1-4-27-20(24)18(19(23)15-8-9-15)12-16(30-21(29)28-5-2)13-22-31(25,26)17-10-6-14(3)7-11-17/h6-7,10-11,15-16,18,22H,4-5,8-9,12-13H2,1-3H3. The topological polar surface area (TPSA) is 98.8 Å². The van der Waals surface area contributed by atoms with Gasteiger partial charge in [0.15, 0.2) is 0 Å². The number of hydrogen-bond acceptors (Lipinski definition) is 8. The fourth-order valence-electron chi connectivity index (χ4n) is 2.95. The van der Waals surface area contributed by atoms with Gasteiger partial charge in [0.25, 0.3) is 0 Å². The number of ether oxygens (including phenoxy) is 2. The molecule has 2 atom stereocenters. The molecular weight excluding hydrogens is 458 g/mol. The molecular formula is C21H29NO6S3. The lowest BCUT2D eigenvalue weighted by Crippen LogP contribution is -2.36. The van der Waals surface area contributed by atoms with Crippen LogP contribution >= 0.6 is 24.0 Å². The predicted octanol–water partition coefficient (Wildman–Crippen LogP) is 3.25. The molecule has 1 fully saturated rings. The van der Waals surface area contributed by atoms with E-state index in [9.17, 15) is 18.0 Å². The monoisotopic (exact) mass is 487 g/mol. The third-order valence-corrected chi connectivity index (χ3v) is 7.60. The van der Waals surface area contributed by atoms with Gasteiger partial charge in [0.1, 0.15) is 11.7 Å². The molecule has 1 aromatic rings. The summed E-state index contributed by atoms with van der Waals surface area (Å²) in [5, 5.41) is -0.476. The Labute approximate surface area is 193 Å². The molecule has 1 aliphatic rings. The van der Waals surface area contributed by atoms with Gasteiger partial charge in [-0.2, -0.15) is 0 Å². The summed E-state index contributed by atoms with van der Waals surface area (Å²) in [7, 11) is -3.76. The number of thiocarbonyl (C=S) groups is 1. The van der Waals surface area contributed by atoms with Crippen molar-refractivity contribution in [1.82, 2.24) is 4.72 Å². The van der Waals surface area contributed by atoms with E-state index in [1.165, 1.54) is 12.1 Å². The maximum atomic E-state index is 12.7. The van der Waals surface area contributed by atoms with Crippen LogP contribution in [-0.2, 0) is 29.1 Å². The van der Waals surface area contributed by atoms with Crippen LogP contribution in [0.5, 0.6) is 0 Å². The molecule has 172 valence electrons. The zero-order valence-corrected chi connectivity index (χ0v) is 20.4. The van der Waals surface area contributed by atoms with Gasteiger partial charge in [0, 0.05) is 17.7 Å². The number of thioether (sulfide) groups is 1. The first-order valence-corrected chi connectivity index (χ1v) is 13.0. The molecule has 31 heavy (non-hydrogen) atoms. The van der Waals surface area contributed by atoms with E-state index >= 15 is 0 Å². The predicted molar refractivity (Wildman–Crippen MR) is 124 cm³/mol. The van der Waals surface area contributed by atoms with Gasteiger partial charge in [-0.15, -0.1) is 0 Å². The summed E-state index contributed by atoms with van der Waals surface area (Å²) in [6, 6.07) is 6.50. The van der Waals surface area contributed by atoms with E-state index in [0.29, 0.717) is 6.61 Å². The van der Waals surface area contributed by atoms with Crippen LogP contribution in [0, 0.1) is 18.8 Å². The molecule has 2 unspecified atom stereocenters. The van der Waals surface area contributed by atoms with Gasteiger partial charge in [0.05, 0.1) is 18.1 Å². The fourth-order valence-corrected chi connectivity index (χ4v) is 5.58. The molecule has 1 aromatic carbocycles. The molecule has 0 aromatic heterocycles. The summed E-state index contributed by atoms with van der Waals surface area (Å²) in [4.78, 5) is 25.3. The molecule has 0 aliphatic heterocycles. The zero-order chi connectivity index (χ0) is 23.0. The van der Waals surface area contributed by atoms with E-state index < -0.39 is 27.2 Å². The van der Waals surface area contributed by atoms with Crippen LogP contribution in [0.3, 0.4) is 0 Å². The molecule has 0 bridgehead atoms. The number of sulfonamides is 1. The highest BCUT2D eigenvalue weighted by Gasteiger charge is 2.40. The van der Waals surface area contributed by atoms with E-state index in [4.69, 9.17) is 21.7 Å². The molecule has 0 amide bonds. The average Bonchev–Trinajstić information content (AvgIpc) is 3.55. The van der Waals surface area contributed by atoms with Crippen molar-refractivity contribution in [2.45, 2.75) is 50.2 Å². The van der Waals surface area contributed by atoms with Gasteiger partial charge in [-0.3, -0.25) is 9.59 Å². The number of carbonyl (C=O) groups is 2. The van der Waals surface area contributed by atoms with Gasteiger partial charge in [-0.25, -0.2) is 13.1 Å². The van der Waals surface area contributed by atoms with Gasteiger partial charge >= 0.3 is 5.97 Å². The minimum atomic E-state index is -3.76. The van der Waals surface area contributed by atoms with E-state index in [0.717, 1.165) is 30.2 Å². The largest absolute Gasteiger partial charge is 0.479 e. The van der Waals surface area contributed by atoms with Crippen LogP contribution in [0.1, 0.15) is 38.7 Å². The maximum Gasteiger partial charge on any atom is 0.316 e. The number of Topliss-reactive ketones (excluding diaryl/α,β-unsaturated/α-hetero) is 1. The second-order valence-electron chi connectivity index (χ2n) is 7.30. The summed E-state index contributed by atoms with van der Waals surface area (Å²) in [6.07, 6.45) is 1.65. The van der Waals surface area contributed by atoms with Crippen LogP contribution in [0.15, 0.2) is 29.2 Å². The third-order valence-electron chi connectivity index (χ3n) is 4.75. The summed E-state index contributed by atoms with van der Waals surface area (Å²) >= 11 is 6.35. The second-order valence-corrected chi connectivity index (χ2v) is 11.0. The van der Waals surface area contributed by atoms with Gasteiger partial charge in [-0.05, 0) is 64.4 Å². The van der Waals surface area contributed by atoms with Crippen molar-refractivity contribution in [3.8, 4) is 0 Å². The van der Waals surface area contributed by atoms with Crippen molar-refractivity contribution in [3.05, 3.63) is 29.8 Å². The minimum absolute atomic E-state index is 0.0120. The molecule has 0 saturated heterocycles. The van der Waals surface area contributed by atoms with Crippen molar-refractivity contribution >= 4 is 50.1 Å². The first kappa shape index (κ1) is 25.8. The van der Waals surface area contributed by atoms with Gasteiger partial charge in [-0.1, -0.05) is 29.5 Å². The fraction of sp³-hybridized carbons (Fsp3) is 0.571. The van der Waals surface area contributed by atoms with E-state index in [1.54, 1.807) is 26.0 Å². The number of nitrogens with one attached hydrogen (secondary N) is 1. The number of carbonyl (C=O) groups excluding carboxylic acids is 2. The molecule has 0 heterocycles. The van der Waals surface area contributed by atoms with Crippen LogP contribution in [0.25, 0.3) is 0 Å². The van der Waals surface area contributed by atoms with E-state index in [2.05, 4.69) is 4.72 Å². The maximum absolute atomic E-state index is 12.7. The smallest absolute Gasteiger partial charge is 0.316 e. The molecule has 1 aliphatic carbocycles. The zero-order valence-electron chi connectivity index (χ0n) is 18.0. The Balaban J connectivity index is 2.16. The summed E-state index contributed by atoms with van der Waals surface area (Å²) in [5.74, 6) is -1.79. The summed E-state index contributed by atoms with van der Waals surface area (Å²) in [5.41, 5.74) is 0.949. The Morgan fingerprint density at radius 2 is 1.77 bits per heavy atom. The number of ketones is 1. The van der Waals surface area contributed by atoms with Gasteiger partial charge < -0.3 is 9.47 Å². The second kappa shape index (κ2) is 11.9. The molecule has 7 nitrogen and oxygen atoms in total. The third kappa shape index (κ3) is 8.17. The molecule has 2 rings (SSSR count). The lowest BCUT2D eigenvalue weighted by Gasteiger charge is -2.22. The van der Waals surface area contributed by atoms with E-state index in [1.807, 2.05) is 6.92 Å². The number of rotatable bonds is 12. The SMILES string of the molecule is CCOC(=O)C(CC(CNS(=O)(=O)c1ccc(C)cc1)SC(=S)OCC)C(=O)C1CC1. The number of benzene rings is 1. The summed E-state index contributed by atoms with van der Waals surface area (Å²) < 4.78 is 38.6. The van der Waals surface area contributed by atoms with Crippen LogP contribution in [-0.4, -0.2) is 49.6 Å². The Morgan fingerprint density at radius 3 is 2.32 bits per heavy atom. The molecule has 1 N–H and O–H groups in total. The van der Waals surface area contributed by atoms with Crippen molar-refractivity contribution in [2.75, 3.05) is 19.8 Å². The lowest BCUT2D eigenvalue weighted by molar-refractivity contribution is -0.152. The molecule has 0 radical (unpaired) electrons. The van der Waals surface area contributed by atoms with Crippen LogP contribution < -0.4 is 4.72 Å². The van der Waals surface area contributed by atoms with Crippen molar-refractivity contribution < 1.29 is 27.5 Å². The Bertz CT molecular complexity index is 881. The summed E-state index contributed by atoms with van der Waals surface area (Å²) in [6.45, 7) is 5.88. The van der Waals surface area contributed by atoms with E-state index in [-0.39, 0.29) is 40.6 Å². The molecule has 0 spiro atoms. The van der Waals surface area contributed by atoms with Crippen molar-refractivity contribution in [2.24, 2.45) is 11.8 Å².